The fourth-order valence-electron chi connectivity index (χ4n) is 2.72. The molecule has 24 heavy (non-hydrogen) atoms. The molecule has 0 spiro atoms. The molecule has 0 unspecified atom stereocenters. The second kappa shape index (κ2) is 10.4. The Hall–Kier alpha value is -1.49. The second-order valence-electron chi connectivity index (χ2n) is 6.31. The lowest BCUT2D eigenvalue weighted by atomic mass is 10.2. The standard InChI is InChI=1S/C19H28N2O2S/c1-16-7-9-17(10-8-16)24-15-5-12-20-18(22)11-14-21-13-4-2-3-6-19(21)23/h7-10H,2-6,11-15H2,1H3,(H,20,22). The quantitative estimate of drug-likeness (QED) is 0.579. The molecule has 4 nitrogen and oxygen atoms in total. The lowest BCUT2D eigenvalue weighted by molar-refractivity contribution is -0.131. The molecule has 1 fully saturated rings. The molecule has 1 N–H and O–H groups in total. The van der Waals surface area contributed by atoms with Crippen molar-refractivity contribution in [3.63, 3.8) is 0 Å². The molecule has 0 radical (unpaired) electrons. The van der Waals surface area contributed by atoms with Gasteiger partial charge < -0.3 is 10.2 Å². The van der Waals surface area contributed by atoms with Crippen molar-refractivity contribution < 1.29 is 9.59 Å². The van der Waals surface area contributed by atoms with Gasteiger partial charge in [-0.2, -0.15) is 0 Å². The maximum Gasteiger partial charge on any atom is 0.222 e. The summed E-state index contributed by atoms with van der Waals surface area (Å²) in [5.74, 6) is 1.25. The van der Waals surface area contributed by atoms with E-state index < -0.39 is 0 Å². The zero-order valence-electron chi connectivity index (χ0n) is 14.6. The summed E-state index contributed by atoms with van der Waals surface area (Å²) in [4.78, 5) is 26.9. The summed E-state index contributed by atoms with van der Waals surface area (Å²) in [6.07, 6.45) is 5.17. The molecule has 1 aromatic rings. The molecule has 0 atom stereocenters. The largest absolute Gasteiger partial charge is 0.356 e. The molecule has 0 aromatic heterocycles. The number of hydrogen-bond donors (Lipinski definition) is 1. The molecule has 2 rings (SSSR count). The summed E-state index contributed by atoms with van der Waals surface area (Å²) in [7, 11) is 0. The summed E-state index contributed by atoms with van der Waals surface area (Å²) in [6.45, 7) is 4.15. The molecule has 5 heteroatoms. The number of benzene rings is 1. The molecule has 1 heterocycles. The topological polar surface area (TPSA) is 49.4 Å². The minimum absolute atomic E-state index is 0.0485. The van der Waals surface area contributed by atoms with Crippen LogP contribution in [-0.4, -0.2) is 42.1 Å². The fraction of sp³-hybridized carbons (Fsp3) is 0.579. The van der Waals surface area contributed by atoms with Crippen LogP contribution >= 0.6 is 11.8 Å². The van der Waals surface area contributed by atoms with E-state index in [1.807, 2.05) is 16.7 Å². The number of amides is 2. The predicted octanol–water partition coefficient (Wildman–Crippen LogP) is 3.39. The summed E-state index contributed by atoms with van der Waals surface area (Å²) in [5, 5.41) is 2.96. The summed E-state index contributed by atoms with van der Waals surface area (Å²) in [6, 6.07) is 8.51. The number of carbonyl (C=O) groups excluding carboxylic acids is 2. The lowest BCUT2D eigenvalue weighted by Gasteiger charge is -2.20. The van der Waals surface area contributed by atoms with Crippen molar-refractivity contribution in [1.82, 2.24) is 10.2 Å². The van der Waals surface area contributed by atoms with Gasteiger partial charge in [0.1, 0.15) is 0 Å². The van der Waals surface area contributed by atoms with Crippen molar-refractivity contribution in [3.05, 3.63) is 29.8 Å². The number of nitrogens with zero attached hydrogens (tertiary/aromatic N) is 1. The number of rotatable bonds is 8. The van der Waals surface area contributed by atoms with Crippen LogP contribution in [-0.2, 0) is 9.59 Å². The highest BCUT2D eigenvalue weighted by Gasteiger charge is 2.16. The van der Waals surface area contributed by atoms with Crippen LogP contribution < -0.4 is 5.32 Å². The highest BCUT2D eigenvalue weighted by atomic mass is 32.2. The maximum absolute atomic E-state index is 11.9. The van der Waals surface area contributed by atoms with Gasteiger partial charge in [-0.05, 0) is 44.1 Å². The van der Waals surface area contributed by atoms with Crippen LogP contribution in [0.15, 0.2) is 29.2 Å². The van der Waals surface area contributed by atoms with Crippen molar-refractivity contribution >= 4 is 23.6 Å². The molecule has 0 aliphatic carbocycles. The van der Waals surface area contributed by atoms with E-state index in [-0.39, 0.29) is 11.8 Å². The number of aryl methyl sites for hydroxylation is 1. The minimum Gasteiger partial charge on any atom is -0.356 e. The normalized spacial score (nSPS) is 15.2. The number of carbonyl (C=O) groups is 2. The highest BCUT2D eigenvalue weighted by Crippen LogP contribution is 2.18. The number of likely N-dealkylation sites (tertiary alicyclic amines) is 1. The van der Waals surface area contributed by atoms with Gasteiger partial charge in [-0.3, -0.25) is 9.59 Å². The van der Waals surface area contributed by atoms with Crippen LogP contribution in [0.25, 0.3) is 0 Å². The molecule has 1 saturated heterocycles. The Morgan fingerprint density at radius 1 is 1.21 bits per heavy atom. The third-order valence-electron chi connectivity index (χ3n) is 4.21. The van der Waals surface area contributed by atoms with Crippen LogP contribution in [0.3, 0.4) is 0 Å². The average molecular weight is 349 g/mol. The average Bonchev–Trinajstić information content (AvgIpc) is 2.78. The Balaban J connectivity index is 1.54. The summed E-state index contributed by atoms with van der Waals surface area (Å²) >= 11 is 1.82. The Morgan fingerprint density at radius 2 is 2.00 bits per heavy atom. The van der Waals surface area contributed by atoms with Gasteiger partial charge >= 0.3 is 0 Å². The van der Waals surface area contributed by atoms with E-state index in [1.54, 1.807) is 0 Å². The minimum atomic E-state index is 0.0485. The Kier molecular flexibility index (Phi) is 8.16. The van der Waals surface area contributed by atoms with Gasteiger partial charge in [-0.25, -0.2) is 0 Å². The van der Waals surface area contributed by atoms with Crippen LogP contribution in [0.2, 0.25) is 0 Å². The van der Waals surface area contributed by atoms with Crippen molar-refractivity contribution in [2.45, 2.75) is 50.3 Å². The third kappa shape index (κ3) is 6.95. The van der Waals surface area contributed by atoms with Gasteiger partial charge in [-0.15, -0.1) is 11.8 Å². The van der Waals surface area contributed by atoms with Gasteiger partial charge in [0, 0.05) is 37.4 Å². The zero-order valence-corrected chi connectivity index (χ0v) is 15.4. The highest BCUT2D eigenvalue weighted by molar-refractivity contribution is 7.99. The molecular weight excluding hydrogens is 320 g/mol. The van der Waals surface area contributed by atoms with E-state index in [1.165, 1.54) is 10.5 Å². The van der Waals surface area contributed by atoms with Crippen LogP contribution in [0.1, 0.15) is 44.1 Å². The van der Waals surface area contributed by atoms with E-state index >= 15 is 0 Å². The van der Waals surface area contributed by atoms with E-state index in [4.69, 9.17) is 0 Å². The van der Waals surface area contributed by atoms with Crippen LogP contribution in [0, 0.1) is 6.92 Å². The van der Waals surface area contributed by atoms with Gasteiger partial charge in [0.15, 0.2) is 0 Å². The second-order valence-corrected chi connectivity index (χ2v) is 7.47. The Morgan fingerprint density at radius 3 is 2.79 bits per heavy atom. The van der Waals surface area contributed by atoms with E-state index in [0.717, 1.165) is 38.0 Å². The number of thioether (sulfide) groups is 1. The lowest BCUT2D eigenvalue weighted by Crippen LogP contribution is -2.35. The Bertz CT molecular complexity index is 531. The number of hydrogen-bond acceptors (Lipinski definition) is 3. The first-order valence-electron chi connectivity index (χ1n) is 8.89. The van der Waals surface area contributed by atoms with Crippen molar-refractivity contribution in [2.75, 3.05) is 25.4 Å². The van der Waals surface area contributed by atoms with Crippen LogP contribution in [0.5, 0.6) is 0 Å². The Labute approximate surface area is 149 Å². The van der Waals surface area contributed by atoms with Gasteiger partial charge in [0.25, 0.3) is 0 Å². The molecule has 1 aromatic carbocycles. The third-order valence-corrected chi connectivity index (χ3v) is 5.31. The van der Waals surface area contributed by atoms with Crippen LogP contribution in [0.4, 0.5) is 0 Å². The molecule has 2 amide bonds. The molecule has 132 valence electrons. The van der Waals surface area contributed by atoms with Crippen molar-refractivity contribution in [1.29, 1.82) is 0 Å². The first-order chi connectivity index (χ1) is 11.6. The zero-order chi connectivity index (χ0) is 17.2. The summed E-state index contributed by atoms with van der Waals surface area (Å²) < 4.78 is 0. The van der Waals surface area contributed by atoms with E-state index in [0.29, 0.717) is 25.9 Å². The molecule has 0 bridgehead atoms. The SMILES string of the molecule is Cc1ccc(SCCCNC(=O)CCN2CCCCCC2=O)cc1. The monoisotopic (exact) mass is 348 g/mol. The molecule has 0 saturated carbocycles. The van der Waals surface area contributed by atoms with Gasteiger partial charge in [-0.1, -0.05) is 24.1 Å². The molecule has 1 aliphatic rings. The van der Waals surface area contributed by atoms with Crippen molar-refractivity contribution in [3.8, 4) is 0 Å². The van der Waals surface area contributed by atoms with Gasteiger partial charge in [0.2, 0.25) is 11.8 Å². The fourth-order valence-corrected chi connectivity index (χ4v) is 3.58. The summed E-state index contributed by atoms with van der Waals surface area (Å²) in [5.41, 5.74) is 1.27. The first kappa shape index (κ1) is 18.8. The smallest absolute Gasteiger partial charge is 0.222 e. The predicted molar refractivity (Wildman–Crippen MR) is 99.2 cm³/mol. The number of nitrogens with one attached hydrogen (secondary N) is 1. The molecule has 1 aliphatic heterocycles. The van der Waals surface area contributed by atoms with E-state index in [9.17, 15) is 9.59 Å². The van der Waals surface area contributed by atoms with Crippen molar-refractivity contribution in [2.24, 2.45) is 0 Å². The molecular formula is C19H28N2O2S. The maximum atomic E-state index is 11.9. The first-order valence-corrected chi connectivity index (χ1v) is 9.87. The van der Waals surface area contributed by atoms with E-state index in [2.05, 4.69) is 36.5 Å². The van der Waals surface area contributed by atoms with Gasteiger partial charge in [0.05, 0.1) is 0 Å².